The lowest BCUT2D eigenvalue weighted by atomic mass is 9.97. The van der Waals surface area contributed by atoms with Crippen LogP contribution in [0.2, 0.25) is 0 Å². The molecule has 1 aromatic rings. The molecule has 30 heavy (non-hydrogen) atoms. The van der Waals surface area contributed by atoms with Gasteiger partial charge in [0.1, 0.15) is 5.76 Å². The molecule has 2 aliphatic rings. The molecule has 0 bridgehead atoms. The number of aromatic nitrogens is 1. The summed E-state index contributed by atoms with van der Waals surface area (Å²) in [6, 6.07) is 1.71. The van der Waals surface area contributed by atoms with Crippen LogP contribution in [0.5, 0.6) is 0 Å². The molecule has 1 amide bonds. The number of methoxy groups -OCH3 is 1. The van der Waals surface area contributed by atoms with Crippen LogP contribution >= 0.6 is 0 Å². The lowest BCUT2D eigenvalue weighted by molar-refractivity contribution is 0.0000117. The Hall–Kier alpha value is -1.48. The summed E-state index contributed by atoms with van der Waals surface area (Å²) in [6.45, 7) is 12.1. The maximum atomic E-state index is 12.7. The number of likely N-dealkylation sites (tertiary alicyclic amines) is 1. The van der Waals surface area contributed by atoms with E-state index in [0.29, 0.717) is 42.7 Å². The van der Waals surface area contributed by atoms with Gasteiger partial charge >= 0.3 is 0 Å². The minimum Gasteiger partial charge on any atom is -0.381 e. The fourth-order valence-corrected chi connectivity index (χ4v) is 4.68. The highest BCUT2D eigenvalue weighted by Gasteiger charge is 2.31. The first kappa shape index (κ1) is 23.2. The summed E-state index contributed by atoms with van der Waals surface area (Å²) >= 11 is 0. The zero-order valence-corrected chi connectivity index (χ0v) is 19.0. The number of ether oxygens (including phenoxy) is 2. The number of amides is 1. The van der Waals surface area contributed by atoms with Gasteiger partial charge in [-0.05, 0) is 59.5 Å². The molecule has 0 spiro atoms. The van der Waals surface area contributed by atoms with Gasteiger partial charge in [-0.25, -0.2) is 0 Å². The molecule has 170 valence electrons. The van der Waals surface area contributed by atoms with E-state index in [2.05, 4.69) is 34.1 Å². The molecule has 2 fully saturated rings. The topological polar surface area (TPSA) is 80.1 Å². The quantitative estimate of drug-likeness (QED) is 0.653. The molecule has 1 N–H and O–H groups in total. The Kier molecular flexibility index (Phi) is 8.68. The number of piperidine rings is 1. The number of aryl methyl sites for hydroxylation is 1. The molecular formula is C22H38N4O4. The van der Waals surface area contributed by atoms with Gasteiger partial charge in [0.2, 0.25) is 0 Å². The number of hydrogen-bond acceptors (Lipinski definition) is 7. The molecule has 8 heteroatoms. The van der Waals surface area contributed by atoms with Crippen molar-refractivity contribution in [3.05, 3.63) is 17.0 Å². The van der Waals surface area contributed by atoms with Gasteiger partial charge in [-0.2, -0.15) is 0 Å². The highest BCUT2D eigenvalue weighted by molar-refractivity contribution is 5.93. The Balaban J connectivity index is 1.58. The standard InChI is InChI=1S/C22H38N4O4/c1-16(2)25-10-5-18(6-11-25)26(19-7-13-29-14-8-19)12-9-23-22(27)21-20(15-28-4)17(3)30-24-21/h16,18-19H,5-15H2,1-4H3,(H,23,27). The van der Waals surface area contributed by atoms with E-state index in [1.807, 2.05) is 0 Å². The van der Waals surface area contributed by atoms with Gasteiger partial charge in [0.05, 0.1) is 12.2 Å². The molecule has 0 radical (unpaired) electrons. The first-order chi connectivity index (χ1) is 14.5. The summed E-state index contributed by atoms with van der Waals surface area (Å²) in [7, 11) is 1.60. The molecule has 3 heterocycles. The molecule has 2 saturated heterocycles. The molecule has 0 saturated carbocycles. The summed E-state index contributed by atoms with van der Waals surface area (Å²) in [5.74, 6) is 0.434. The van der Waals surface area contributed by atoms with Gasteiger partial charge in [-0.3, -0.25) is 9.69 Å². The van der Waals surface area contributed by atoms with Gasteiger partial charge in [-0.15, -0.1) is 0 Å². The first-order valence-corrected chi connectivity index (χ1v) is 11.3. The van der Waals surface area contributed by atoms with E-state index in [0.717, 1.165) is 51.3 Å². The average Bonchev–Trinajstić information content (AvgIpc) is 3.12. The van der Waals surface area contributed by atoms with E-state index in [4.69, 9.17) is 14.0 Å². The number of rotatable bonds is 9. The van der Waals surface area contributed by atoms with Crippen LogP contribution in [0.3, 0.4) is 0 Å². The second kappa shape index (κ2) is 11.2. The lowest BCUT2D eigenvalue weighted by Crippen LogP contribution is -2.53. The summed E-state index contributed by atoms with van der Waals surface area (Å²) < 4.78 is 16.0. The molecule has 1 aromatic heterocycles. The van der Waals surface area contributed by atoms with E-state index in [1.165, 1.54) is 12.8 Å². The third-order valence-electron chi connectivity index (χ3n) is 6.50. The Morgan fingerprint density at radius 1 is 1.23 bits per heavy atom. The number of hydrogen-bond donors (Lipinski definition) is 1. The minimum atomic E-state index is -0.194. The molecular weight excluding hydrogens is 384 g/mol. The Labute approximate surface area is 180 Å². The van der Waals surface area contributed by atoms with Crippen molar-refractivity contribution in [3.8, 4) is 0 Å². The van der Waals surface area contributed by atoms with E-state index in [1.54, 1.807) is 14.0 Å². The monoisotopic (exact) mass is 422 g/mol. The van der Waals surface area contributed by atoms with Crippen LogP contribution in [-0.4, -0.2) is 85.5 Å². The smallest absolute Gasteiger partial charge is 0.273 e. The van der Waals surface area contributed by atoms with Crippen LogP contribution < -0.4 is 5.32 Å². The van der Waals surface area contributed by atoms with E-state index < -0.39 is 0 Å². The number of carbonyl (C=O) groups is 1. The Bertz CT molecular complexity index is 664. The van der Waals surface area contributed by atoms with Gasteiger partial charge in [0.25, 0.3) is 5.91 Å². The zero-order chi connectivity index (χ0) is 21.5. The SMILES string of the molecule is COCc1c(C(=O)NCCN(C2CCOCC2)C2CCN(C(C)C)CC2)noc1C. The molecule has 0 unspecified atom stereocenters. The van der Waals surface area contributed by atoms with Crippen molar-refractivity contribution < 1.29 is 18.8 Å². The van der Waals surface area contributed by atoms with Gasteiger partial charge in [-0.1, -0.05) is 5.16 Å². The van der Waals surface area contributed by atoms with Crippen molar-refractivity contribution in [1.29, 1.82) is 0 Å². The maximum absolute atomic E-state index is 12.7. The second-order valence-corrected chi connectivity index (χ2v) is 8.70. The largest absolute Gasteiger partial charge is 0.381 e. The maximum Gasteiger partial charge on any atom is 0.273 e. The van der Waals surface area contributed by atoms with E-state index >= 15 is 0 Å². The van der Waals surface area contributed by atoms with Crippen molar-refractivity contribution in [3.63, 3.8) is 0 Å². The van der Waals surface area contributed by atoms with Gasteiger partial charge < -0.3 is 24.2 Å². The molecule has 0 aromatic carbocycles. The van der Waals surface area contributed by atoms with Crippen molar-refractivity contribution >= 4 is 5.91 Å². The zero-order valence-electron chi connectivity index (χ0n) is 19.0. The van der Waals surface area contributed by atoms with E-state index in [-0.39, 0.29) is 5.91 Å². The van der Waals surface area contributed by atoms with Crippen LogP contribution in [0.15, 0.2) is 4.52 Å². The Morgan fingerprint density at radius 3 is 2.53 bits per heavy atom. The fourth-order valence-electron chi connectivity index (χ4n) is 4.68. The average molecular weight is 423 g/mol. The molecule has 0 atom stereocenters. The molecule has 0 aliphatic carbocycles. The summed E-state index contributed by atoms with van der Waals surface area (Å²) in [5.41, 5.74) is 1.05. The molecule has 2 aliphatic heterocycles. The summed E-state index contributed by atoms with van der Waals surface area (Å²) in [4.78, 5) is 17.9. The predicted octanol–water partition coefficient (Wildman–Crippen LogP) is 2.21. The summed E-state index contributed by atoms with van der Waals surface area (Å²) in [5, 5.41) is 6.98. The van der Waals surface area contributed by atoms with Gasteiger partial charge in [0.15, 0.2) is 5.69 Å². The van der Waals surface area contributed by atoms with Crippen LogP contribution in [0.4, 0.5) is 0 Å². The normalized spacial score (nSPS) is 19.7. The lowest BCUT2D eigenvalue weighted by Gasteiger charge is -2.44. The first-order valence-electron chi connectivity index (χ1n) is 11.3. The van der Waals surface area contributed by atoms with E-state index in [9.17, 15) is 4.79 Å². The molecule has 8 nitrogen and oxygen atoms in total. The predicted molar refractivity (Wildman–Crippen MR) is 115 cm³/mol. The van der Waals surface area contributed by atoms with Crippen molar-refractivity contribution in [2.45, 2.75) is 71.2 Å². The fraction of sp³-hybridized carbons (Fsp3) is 0.818. The van der Waals surface area contributed by atoms with Crippen molar-refractivity contribution in [2.24, 2.45) is 0 Å². The summed E-state index contributed by atoms with van der Waals surface area (Å²) in [6.07, 6.45) is 4.51. The van der Waals surface area contributed by atoms with Crippen LogP contribution in [0, 0.1) is 6.92 Å². The second-order valence-electron chi connectivity index (χ2n) is 8.70. The third-order valence-corrected chi connectivity index (χ3v) is 6.50. The van der Waals surface area contributed by atoms with Crippen LogP contribution in [-0.2, 0) is 16.1 Å². The van der Waals surface area contributed by atoms with Gasteiger partial charge in [0, 0.05) is 51.5 Å². The molecule has 3 rings (SSSR count). The van der Waals surface area contributed by atoms with Crippen LogP contribution in [0.1, 0.15) is 61.3 Å². The third kappa shape index (κ3) is 5.81. The number of nitrogens with zero attached hydrogens (tertiary/aromatic N) is 3. The highest BCUT2D eigenvalue weighted by atomic mass is 16.5. The van der Waals surface area contributed by atoms with Crippen molar-refractivity contribution in [2.75, 3.05) is 46.5 Å². The van der Waals surface area contributed by atoms with Crippen LogP contribution in [0.25, 0.3) is 0 Å². The Morgan fingerprint density at radius 2 is 1.90 bits per heavy atom. The number of nitrogens with one attached hydrogen (secondary N) is 1. The highest BCUT2D eigenvalue weighted by Crippen LogP contribution is 2.24. The minimum absolute atomic E-state index is 0.194. The number of carbonyl (C=O) groups excluding carboxylic acids is 1. The van der Waals surface area contributed by atoms with Crippen molar-refractivity contribution in [1.82, 2.24) is 20.3 Å².